The lowest BCUT2D eigenvalue weighted by Gasteiger charge is -2.33. The van der Waals surface area contributed by atoms with Crippen LogP contribution in [0.5, 0.6) is 0 Å². The molecule has 0 N–H and O–H groups in total. The second kappa shape index (κ2) is 7.38. The minimum atomic E-state index is -0.0119. The molecule has 26 heavy (non-hydrogen) atoms. The van der Waals surface area contributed by atoms with E-state index in [0.29, 0.717) is 18.8 Å². The van der Waals surface area contributed by atoms with Gasteiger partial charge in [-0.2, -0.15) is 0 Å². The molecule has 0 saturated carbocycles. The van der Waals surface area contributed by atoms with Gasteiger partial charge in [-0.1, -0.05) is 54.6 Å². The highest BCUT2D eigenvalue weighted by molar-refractivity contribution is 8.03. The number of hydrogen-bond acceptors (Lipinski definition) is 3. The van der Waals surface area contributed by atoms with Gasteiger partial charge in [-0.15, -0.1) is 11.8 Å². The van der Waals surface area contributed by atoms with Gasteiger partial charge in [-0.25, -0.2) is 0 Å². The maximum atomic E-state index is 12.9. The second-order valence-electron chi connectivity index (χ2n) is 6.49. The van der Waals surface area contributed by atoms with Crippen molar-refractivity contribution in [2.24, 2.45) is 0 Å². The van der Waals surface area contributed by atoms with E-state index in [9.17, 15) is 9.59 Å². The molecule has 132 valence electrons. The van der Waals surface area contributed by atoms with E-state index in [4.69, 9.17) is 0 Å². The highest BCUT2D eigenvalue weighted by Crippen LogP contribution is 2.28. The molecule has 0 bridgehead atoms. The van der Waals surface area contributed by atoms with E-state index in [1.54, 1.807) is 4.90 Å². The van der Waals surface area contributed by atoms with Crippen LogP contribution >= 0.6 is 11.8 Å². The maximum absolute atomic E-state index is 12.9. The summed E-state index contributed by atoms with van der Waals surface area (Å²) in [7, 11) is 0. The standard InChI is InChI=1S/C21H20N2O2S/c24-20(22-11-10-16-6-4-5-9-18(16)12-22)13-23-19(14-26-15-21(23)25)17-7-2-1-3-8-17/h1-9,14H,10-13,15H2. The fourth-order valence-corrected chi connectivity index (χ4v) is 4.22. The van der Waals surface area contributed by atoms with Gasteiger partial charge in [0.05, 0.1) is 11.4 Å². The Bertz CT molecular complexity index is 863. The molecular formula is C21H20N2O2S. The Morgan fingerprint density at radius 1 is 1.00 bits per heavy atom. The van der Waals surface area contributed by atoms with Crippen molar-refractivity contribution in [3.63, 3.8) is 0 Å². The van der Waals surface area contributed by atoms with Gasteiger partial charge in [-0.05, 0) is 28.5 Å². The predicted molar refractivity (Wildman–Crippen MR) is 104 cm³/mol. The van der Waals surface area contributed by atoms with Gasteiger partial charge in [0.1, 0.15) is 6.54 Å². The second-order valence-corrected chi connectivity index (χ2v) is 7.35. The molecule has 2 aromatic carbocycles. The largest absolute Gasteiger partial charge is 0.336 e. The molecule has 5 heteroatoms. The summed E-state index contributed by atoms with van der Waals surface area (Å²) < 4.78 is 0. The number of carbonyl (C=O) groups is 2. The molecule has 2 aromatic rings. The third-order valence-electron chi connectivity index (χ3n) is 4.84. The molecule has 0 atom stereocenters. The van der Waals surface area contributed by atoms with Crippen molar-refractivity contribution < 1.29 is 9.59 Å². The first-order chi connectivity index (χ1) is 12.7. The lowest BCUT2D eigenvalue weighted by atomic mass is 10.00. The lowest BCUT2D eigenvalue weighted by molar-refractivity contribution is -0.137. The van der Waals surface area contributed by atoms with E-state index in [-0.39, 0.29) is 18.4 Å². The third-order valence-corrected chi connectivity index (χ3v) is 5.64. The average Bonchev–Trinajstić information content (AvgIpc) is 2.69. The van der Waals surface area contributed by atoms with E-state index in [0.717, 1.165) is 17.7 Å². The maximum Gasteiger partial charge on any atom is 0.242 e. The number of amides is 2. The fourth-order valence-electron chi connectivity index (χ4n) is 3.42. The van der Waals surface area contributed by atoms with Crippen LogP contribution in [0.4, 0.5) is 0 Å². The van der Waals surface area contributed by atoms with Crippen molar-refractivity contribution >= 4 is 29.3 Å². The van der Waals surface area contributed by atoms with E-state index in [2.05, 4.69) is 12.1 Å². The zero-order valence-corrected chi connectivity index (χ0v) is 15.2. The molecule has 0 radical (unpaired) electrons. The SMILES string of the molecule is O=C(CN1C(=O)CSC=C1c1ccccc1)N1CCc2ccccc2C1. The van der Waals surface area contributed by atoms with Crippen LogP contribution < -0.4 is 0 Å². The summed E-state index contributed by atoms with van der Waals surface area (Å²) in [6.07, 6.45) is 0.868. The lowest BCUT2D eigenvalue weighted by Crippen LogP contribution is -2.45. The number of nitrogens with zero attached hydrogens (tertiary/aromatic N) is 2. The molecule has 4 nitrogen and oxygen atoms in total. The highest BCUT2D eigenvalue weighted by atomic mass is 32.2. The Labute approximate surface area is 157 Å². The molecule has 0 fully saturated rings. The fraction of sp³-hybridized carbons (Fsp3) is 0.238. The van der Waals surface area contributed by atoms with Crippen LogP contribution in [0.15, 0.2) is 60.0 Å². The molecule has 2 aliphatic heterocycles. The molecular weight excluding hydrogens is 344 g/mol. The predicted octanol–water partition coefficient (Wildman–Crippen LogP) is 3.15. The first-order valence-corrected chi connectivity index (χ1v) is 9.79. The topological polar surface area (TPSA) is 40.6 Å². The average molecular weight is 364 g/mol. The van der Waals surface area contributed by atoms with Gasteiger partial charge in [-0.3, -0.25) is 9.59 Å². The number of fused-ring (bicyclic) bond motifs is 1. The van der Waals surface area contributed by atoms with Crippen molar-refractivity contribution in [1.82, 2.24) is 9.80 Å². The van der Waals surface area contributed by atoms with E-state index < -0.39 is 0 Å². The summed E-state index contributed by atoms with van der Waals surface area (Å²) in [6.45, 7) is 1.43. The summed E-state index contributed by atoms with van der Waals surface area (Å²) in [6, 6.07) is 18.0. The molecule has 2 amide bonds. The molecule has 0 spiro atoms. The van der Waals surface area contributed by atoms with E-state index in [1.807, 2.05) is 52.8 Å². The highest BCUT2D eigenvalue weighted by Gasteiger charge is 2.28. The normalized spacial score (nSPS) is 16.9. The zero-order valence-electron chi connectivity index (χ0n) is 14.4. The number of rotatable bonds is 3. The Hall–Kier alpha value is -2.53. The van der Waals surface area contributed by atoms with Crippen LogP contribution in [0.25, 0.3) is 5.70 Å². The van der Waals surface area contributed by atoms with Gasteiger partial charge >= 0.3 is 0 Å². The smallest absolute Gasteiger partial charge is 0.242 e. The van der Waals surface area contributed by atoms with Crippen LogP contribution in [0.3, 0.4) is 0 Å². The Kier molecular flexibility index (Phi) is 4.80. The zero-order chi connectivity index (χ0) is 17.9. The van der Waals surface area contributed by atoms with Gasteiger partial charge in [0.15, 0.2) is 0 Å². The molecule has 0 unspecified atom stereocenters. The summed E-state index contributed by atoms with van der Waals surface area (Å²) in [5, 5.41) is 1.98. The molecule has 0 aliphatic carbocycles. The first kappa shape index (κ1) is 16.9. The van der Waals surface area contributed by atoms with Crippen LogP contribution in [-0.2, 0) is 22.6 Å². The van der Waals surface area contributed by atoms with E-state index >= 15 is 0 Å². The number of benzene rings is 2. The summed E-state index contributed by atoms with van der Waals surface area (Å²) in [5.41, 5.74) is 4.29. The Morgan fingerprint density at radius 2 is 1.73 bits per heavy atom. The van der Waals surface area contributed by atoms with Crippen LogP contribution in [0.1, 0.15) is 16.7 Å². The molecule has 2 heterocycles. The monoisotopic (exact) mass is 364 g/mol. The van der Waals surface area contributed by atoms with Gasteiger partial charge in [0.2, 0.25) is 11.8 Å². The van der Waals surface area contributed by atoms with Crippen molar-refractivity contribution in [3.8, 4) is 0 Å². The Morgan fingerprint density at radius 3 is 2.54 bits per heavy atom. The minimum Gasteiger partial charge on any atom is -0.336 e. The quantitative estimate of drug-likeness (QED) is 0.840. The molecule has 0 aromatic heterocycles. The number of carbonyl (C=O) groups excluding carboxylic acids is 2. The first-order valence-electron chi connectivity index (χ1n) is 8.74. The minimum absolute atomic E-state index is 0.00147. The van der Waals surface area contributed by atoms with Crippen molar-refractivity contribution in [1.29, 1.82) is 0 Å². The number of thioether (sulfide) groups is 1. The third kappa shape index (κ3) is 3.40. The summed E-state index contributed by atoms with van der Waals surface area (Å²) in [5.74, 6) is 0.371. The van der Waals surface area contributed by atoms with Gasteiger partial charge in [0, 0.05) is 13.1 Å². The van der Waals surface area contributed by atoms with Crippen LogP contribution in [0, 0.1) is 0 Å². The Balaban J connectivity index is 1.52. The summed E-state index contributed by atoms with van der Waals surface area (Å²) in [4.78, 5) is 28.9. The van der Waals surface area contributed by atoms with Gasteiger partial charge < -0.3 is 9.80 Å². The van der Waals surface area contributed by atoms with Crippen molar-refractivity contribution in [2.75, 3.05) is 18.8 Å². The number of hydrogen-bond donors (Lipinski definition) is 0. The van der Waals surface area contributed by atoms with Crippen molar-refractivity contribution in [3.05, 3.63) is 76.7 Å². The van der Waals surface area contributed by atoms with Gasteiger partial charge in [0.25, 0.3) is 0 Å². The summed E-state index contributed by atoms with van der Waals surface area (Å²) >= 11 is 1.48. The molecule has 0 saturated heterocycles. The van der Waals surface area contributed by atoms with Crippen LogP contribution in [-0.4, -0.2) is 40.5 Å². The van der Waals surface area contributed by atoms with Crippen molar-refractivity contribution in [2.45, 2.75) is 13.0 Å². The van der Waals surface area contributed by atoms with E-state index in [1.165, 1.54) is 22.9 Å². The molecule has 4 rings (SSSR count). The molecule has 2 aliphatic rings. The van der Waals surface area contributed by atoms with Crippen LogP contribution in [0.2, 0.25) is 0 Å².